The van der Waals surface area contributed by atoms with Crippen LogP contribution in [0.5, 0.6) is 0 Å². The van der Waals surface area contributed by atoms with Crippen LogP contribution in [0, 0.1) is 5.92 Å². The van der Waals surface area contributed by atoms with E-state index in [0.717, 1.165) is 18.8 Å². The fourth-order valence-corrected chi connectivity index (χ4v) is 1.87. The third-order valence-electron chi connectivity index (χ3n) is 2.38. The first-order chi connectivity index (χ1) is 4.36. The molecule has 2 fully saturated rings. The van der Waals surface area contributed by atoms with Crippen LogP contribution >= 0.6 is 0 Å². The zero-order chi connectivity index (χ0) is 6.27. The van der Waals surface area contributed by atoms with Gasteiger partial charge in [-0.2, -0.15) is 0 Å². The summed E-state index contributed by atoms with van der Waals surface area (Å²) in [5.41, 5.74) is 0. The zero-order valence-electron chi connectivity index (χ0n) is 6.06. The number of nitrogens with one attached hydrogen (secondary N) is 1. The molecule has 0 bridgehead atoms. The van der Waals surface area contributed by atoms with E-state index in [1.54, 1.807) is 0 Å². The van der Waals surface area contributed by atoms with Gasteiger partial charge in [0, 0.05) is 7.41 Å². The molecule has 1 N–H and O–H groups in total. The van der Waals surface area contributed by atoms with Gasteiger partial charge < -0.3 is 5.32 Å². The highest BCUT2D eigenvalue weighted by Gasteiger charge is 2.30. The van der Waals surface area contributed by atoms with Crippen LogP contribution in [0.15, 0.2) is 0 Å². The Labute approximate surface area is 51.9 Å². The van der Waals surface area contributed by atoms with Crippen molar-refractivity contribution in [3.63, 3.8) is 0 Å². The molecule has 1 aliphatic carbocycles. The Hall–Kier alpha value is -0.0400. The van der Waals surface area contributed by atoms with Crippen LogP contribution in [-0.4, -0.2) is 12.6 Å². The van der Waals surface area contributed by atoms with Crippen molar-refractivity contribution in [3.05, 3.63) is 0 Å². The summed E-state index contributed by atoms with van der Waals surface area (Å²) in [7, 11) is 0. The zero-order valence-corrected chi connectivity index (χ0v) is 5.06. The molecular weight excluding hydrogens is 98.1 g/mol. The van der Waals surface area contributed by atoms with Gasteiger partial charge in [-0.15, -0.1) is 0 Å². The summed E-state index contributed by atoms with van der Waals surface area (Å²) in [5, 5.41) is 3.43. The number of rotatable bonds is 0. The molecule has 0 unspecified atom stereocenters. The van der Waals surface area contributed by atoms with Crippen LogP contribution in [0.1, 0.15) is 27.0 Å². The van der Waals surface area contributed by atoms with Gasteiger partial charge in [-0.1, -0.05) is 6.40 Å². The van der Waals surface area contributed by atoms with Gasteiger partial charge in [0.1, 0.15) is 0 Å². The molecular formula is C7H13N. The predicted molar refractivity (Wildman–Crippen MR) is 33.7 cm³/mol. The number of fused-ring (bicyclic) bond motifs is 1. The standard InChI is InChI=1S/C7H13N/c1-2-6-4-5-8-7(6)3-1/h6-8H,1-5H2/t6-,7-/m1/s1/i1D/t1-,6+,7+/m0. The SMILES string of the molecule is [2H][C@H]1C[C@@H]2CCN[C@@H]2C1. The molecule has 1 nitrogen and oxygen atoms in total. The Morgan fingerprint density at radius 1 is 1.38 bits per heavy atom. The number of hydrogen-bond donors (Lipinski definition) is 1. The minimum Gasteiger partial charge on any atom is -0.314 e. The second-order valence-corrected chi connectivity index (χ2v) is 2.87. The summed E-state index contributed by atoms with van der Waals surface area (Å²) in [4.78, 5) is 0. The van der Waals surface area contributed by atoms with Crippen molar-refractivity contribution in [2.24, 2.45) is 5.92 Å². The highest BCUT2D eigenvalue weighted by Crippen LogP contribution is 2.31. The minimum absolute atomic E-state index is 0.243. The third kappa shape index (κ3) is 0.576. The average Bonchev–Trinajstić information content (AvgIpc) is 2.22. The summed E-state index contributed by atoms with van der Waals surface area (Å²) < 4.78 is 7.49. The van der Waals surface area contributed by atoms with Gasteiger partial charge in [-0.05, 0) is 31.7 Å². The molecule has 0 amide bonds. The number of hydrogen-bond acceptors (Lipinski definition) is 1. The van der Waals surface area contributed by atoms with Crippen molar-refractivity contribution in [2.45, 2.75) is 31.7 Å². The maximum atomic E-state index is 7.49. The average molecular weight is 112 g/mol. The van der Waals surface area contributed by atoms with E-state index in [0.29, 0.717) is 6.04 Å². The fraction of sp³-hybridized carbons (Fsp3) is 1.00. The fourth-order valence-electron chi connectivity index (χ4n) is 1.87. The Morgan fingerprint density at radius 3 is 3.25 bits per heavy atom. The van der Waals surface area contributed by atoms with Crippen molar-refractivity contribution in [1.82, 2.24) is 5.32 Å². The van der Waals surface area contributed by atoms with E-state index in [2.05, 4.69) is 5.32 Å². The van der Waals surface area contributed by atoms with Crippen molar-refractivity contribution in [2.75, 3.05) is 6.54 Å². The summed E-state index contributed by atoms with van der Waals surface area (Å²) in [6, 6.07) is 0.715. The predicted octanol–water partition coefficient (Wildman–Crippen LogP) is 1.15. The third-order valence-corrected chi connectivity index (χ3v) is 2.38. The van der Waals surface area contributed by atoms with Crippen LogP contribution < -0.4 is 5.32 Å². The van der Waals surface area contributed by atoms with E-state index in [4.69, 9.17) is 1.37 Å². The lowest BCUT2D eigenvalue weighted by Crippen LogP contribution is -2.21. The van der Waals surface area contributed by atoms with Crippen LogP contribution in [0.2, 0.25) is 0 Å². The molecule has 2 aliphatic rings. The van der Waals surface area contributed by atoms with Crippen molar-refractivity contribution in [1.29, 1.82) is 0 Å². The van der Waals surface area contributed by atoms with E-state index < -0.39 is 0 Å². The molecule has 0 aromatic heterocycles. The minimum atomic E-state index is 0.243. The lowest BCUT2D eigenvalue weighted by molar-refractivity contribution is 0.518. The Balaban J connectivity index is 2.02. The molecule has 0 radical (unpaired) electrons. The second kappa shape index (κ2) is 1.73. The molecule has 46 valence electrons. The highest BCUT2D eigenvalue weighted by molar-refractivity contribution is 4.88. The smallest absolute Gasteiger partial charge is 0.0267 e. The van der Waals surface area contributed by atoms with Crippen molar-refractivity contribution < 1.29 is 1.37 Å². The highest BCUT2D eigenvalue weighted by atomic mass is 15.0. The largest absolute Gasteiger partial charge is 0.314 e. The molecule has 8 heavy (non-hydrogen) atoms. The Kier molecular flexibility index (Phi) is 0.840. The lowest BCUT2D eigenvalue weighted by atomic mass is 10.1. The van der Waals surface area contributed by atoms with Gasteiger partial charge in [0.15, 0.2) is 0 Å². The first kappa shape index (κ1) is 3.89. The summed E-state index contributed by atoms with van der Waals surface area (Å²) in [5.74, 6) is 0.854. The van der Waals surface area contributed by atoms with Gasteiger partial charge in [0.2, 0.25) is 0 Å². The summed E-state index contributed by atoms with van der Waals surface area (Å²) in [6.07, 6.45) is 3.82. The van der Waals surface area contributed by atoms with E-state index in [1.165, 1.54) is 13.0 Å². The first-order valence-electron chi connectivity index (χ1n) is 4.09. The lowest BCUT2D eigenvalue weighted by Gasteiger charge is -2.05. The molecule has 0 aromatic carbocycles. The maximum Gasteiger partial charge on any atom is 0.0267 e. The second-order valence-electron chi connectivity index (χ2n) is 2.87. The molecule has 1 heterocycles. The van der Waals surface area contributed by atoms with Gasteiger partial charge in [-0.3, -0.25) is 0 Å². The van der Waals surface area contributed by atoms with Crippen LogP contribution in [0.4, 0.5) is 0 Å². The first-order valence-corrected chi connectivity index (χ1v) is 3.52. The Morgan fingerprint density at radius 2 is 2.38 bits per heavy atom. The van der Waals surface area contributed by atoms with Gasteiger partial charge >= 0.3 is 0 Å². The maximum absolute atomic E-state index is 7.49. The normalized spacial score (nSPS) is 56.0. The molecule has 0 spiro atoms. The van der Waals surface area contributed by atoms with E-state index in [1.807, 2.05) is 0 Å². The van der Waals surface area contributed by atoms with Crippen molar-refractivity contribution in [3.8, 4) is 0 Å². The molecule has 1 saturated heterocycles. The van der Waals surface area contributed by atoms with Gasteiger partial charge in [0.05, 0.1) is 0 Å². The van der Waals surface area contributed by atoms with Gasteiger partial charge in [0.25, 0.3) is 0 Å². The van der Waals surface area contributed by atoms with E-state index in [-0.39, 0.29) is 6.40 Å². The quantitative estimate of drug-likeness (QED) is 0.495. The molecule has 3 atom stereocenters. The molecule has 1 aliphatic heterocycles. The van der Waals surface area contributed by atoms with E-state index >= 15 is 0 Å². The topological polar surface area (TPSA) is 12.0 Å². The molecule has 0 aromatic rings. The molecule has 1 heteroatoms. The monoisotopic (exact) mass is 112 g/mol. The van der Waals surface area contributed by atoms with E-state index in [9.17, 15) is 0 Å². The Bertz CT molecular complexity index is 103. The summed E-state index contributed by atoms with van der Waals surface area (Å²) in [6.45, 7) is 1.20. The summed E-state index contributed by atoms with van der Waals surface area (Å²) >= 11 is 0. The molecule has 1 saturated carbocycles. The van der Waals surface area contributed by atoms with Gasteiger partial charge in [-0.25, -0.2) is 0 Å². The molecule has 2 rings (SSSR count). The van der Waals surface area contributed by atoms with Crippen LogP contribution in [0.25, 0.3) is 0 Å². The van der Waals surface area contributed by atoms with Crippen LogP contribution in [-0.2, 0) is 0 Å². The van der Waals surface area contributed by atoms with Crippen LogP contribution in [0.3, 0.4) is 0 Å². The van der Waals surface area contributed by atoms with Crippen molar-refractivity contribution >= 4 is 0 Å².